The summed E-state index contributed by atoms with van der Waals surface area (Å²) in [6.07, 6.45) is 1.94. The van der Waals surface area contributed by atoms with Crippen molar-refractivity contribution in [3.05, 3.63) is 65.3 Å². The van der Waals surface area contributed by atoms with Crippen molar-refractivity contribution in [2.24, 2.45) is 5.92 Å². The first kappa shape index (κ1) is 19.9. The number of hydrogen-bond donors (Lipinski definition) is 1. The van der Waals surface area contributed by atoms with E-state index in [1.807, 2.05) is 18.2 Å². The monoisotopic (exact) mass is 409 g/mol. The Bertz CT molecular complexity index is 1010. The number of hydrogen-bond acceptors (Lipinski definition) is 6. The highest BCUT2D eigenvalue weighted by Crippen LogP contribution is 2.46. The van der Waals surface area contributed by atoms with Gasteiger partial charge in [-0.3, -0.25) is 14.4 Å². The Labute approximate surface area is 174 Å². The van der Waals surface area contributed by atoms with Gasteiger partial charge in [-0.1, -0.05) is 12.1 Å². The largest absolute Gasteiger partial charge is 0.497 e. The zero-order valence-electron chi connectivity index (χ0n) is 16.8. The molecule has 1 N–H and O–H groups in total. The van der Waals surface area contributed by atoms with E-state index < -0.39 is 23.7 Å². The average Bonchev–Trinajstić information content (AvgIpc) is 3.27. The molecule has 0 spiro atoms. The van der Waals surface area contributed by atoms with E-state index in [4.69, 9.17) is 13.9 Å². The van der Waals surface area contributed by atoms with Gasteiger partial charge in [0, 0.05) is 29.5 Å². The highest BCUT2D eigenvalue weighted by Gasteiger charge is 2.48. The van der Waals surface area contributed by atoms with Crippen molar-refractivity contribution in [1.29, 1.82) is 0 Å². The topological polar surface area (TPSA) is 94.8 Å². The Morgan fingerprint density at radius 2 is 2.03 bits per heavy atom. The van der Waals surface area contributed by atoms with Gasteiger partial charge in [0.15, 0.2) is 5.78 Å². The lowest BCUT2D eigenvalue weighted by molar-refractivity contribution is -0.152. The fourth-order valence-corrected chi connectivity index (χ4v) is 4.37. The van der Waals surface area contributed by atoms with Gasteiger partial charge in [-0.15, -0.1) is 0 Å². The van der Waals surface area contributed by atoms with E-state index in [1.54, 1.807) is 32.2 Å². The van der Waals surface area contributed by atoms with Crippen LogP contribution in [0.1, 0.15) is 42.9 Å². The van der Waals surface area contributed by atoms with Gasteiger partial charge in [-0.05, 0) is 43.2 Å². The third-order valence-corrected chi connectivity index (χ3v) is 5.67. The summed E-state index contributed by atoms with van der Waals surface area (Å²) in [5, 5.41) is 2.86. The van der Waals surface area contributed by atoms with Gasteiger partial charge in [0.25, 0.3) is 0 Å². The van der Waals surface area contributed by atoms with Crippen molar-refractivity contribution in [3.63, 3.8) is 0 Å². The Balaban J connectivity index is 1.81. The molecule has 7 nitrogen and oxygen atoms in total. The number of methoxy groups -OCH3 is 1. The SMILES string of the molecule is CCOC(=O)[C@H]1C(=O)C2=C(C[C@@H]1c1ccco1)NC(=O)C[C@H]2c1cccc(OC)c1. The van der Waals surface area contributed by atoms with Crippen molar-refractivity contribution in [3.8, 4) is 5.75 Å². The summed E-state index contributed by atoms with van der Waals surface area (Å²) in [5.41, 5.74) is 1.80. The van der Waals surface area contributed by atoms with Gasteiger partial charge in [-0.25, -0.2) is 0 Å². The number of benzene rings is 1. The van der Waals surface area contributed by atoms with E-state index in [9.17, 15) is 14.4 Å². The van der Waals surface area contributed by atoms with Crippen LogP contribution in [0.5, 0.6) is 5.75 Å². The lowest BCUT2D eigenvalue weighted by Crippen LogP contribution is -2.44. The van der Waals surface area contributed by atoms with E-state index in [-0.39, 0.29) is 24.7 Å². The Hall–Kier alpha value is -3.35. The third kappa shape index (κ3) is 3.51. The molecule has 0 saturated carbocycles. The van der Waals surface area contributed by atoms with Crippen LogP contribution in [-0.2, 0) is 19.1 Å². The number of Topliss-reactive ketones (excluding diaryl/α,β-unsaturated/α-hetero) is 1. The van der Waals surface area contributed by atoms with Crippen LogP contribution >= 0.6 is 0 Å². The number of nitrogens with one attached hydrogen (secondary N) is 1. The maximum atomic E-state index is 13.6. The minimum absolute atomic E-state index is 0.124. The van der Waals surface area contributed by atoms with Crippen LogP contribution in [0.3, 0.4) is 0 Å². The van der Waals surface area contributed by atoms with E-state index in [2.05, 4.69) is 5.32 Å². The predicted octanol–water partition coefficient (Wildman–Crippen LogP) is 3.08. The fourth-order valence-electron chi connectivity index (χ4n) is 4.37. The number of furan rings is 1. The second kappa shape index (κ2) is 8.18. The molecule has 0 fully saturated rings. The molecule has 2 aliphatic rings. The lowest BCUT2D eigenvalue weighted by atomic mass is 9.69. The Kier molecular flexibility index (Phi) is 5.44. The van der Waals surface area contributed by atoms with Crippen LogP contribution in [0.25, 0.3) is 0 Å². The molecule has 0 unspecified atom stereocenters. The number of rotatable bonds is 5. The molecule has 0 radical (unpaired) electrons. The van der Waals surface area contributed by atoms with Gasteiger partial charge < -0.3 is 19.2 Å². The van der Waals surface area contributed by atoms with Crippen molar-refractivity contribution in [1.82, 2.24) is 5.32 Å². The maximum Gasteiger partial charge on any atom is 0.317 e. The molecule has 2 heterocycles. The average molecular weight is 409 g/mol. The molecule has 0 bridgehead atoms. The maximum absolute atomic E-state index is 13.6. The molecule has 156 valence electrons. The first-order valence-corrected chi connectivity index (χ1v) is 9.94. The number of carbonyl (C=O) groups excluding carboxylic acids is 3. The van der Waals surface area contributed by atoms with Gasteiger partial charge in [0.1, 0.15) is 17.4 Å². The summed E-state index contributed by atoms with van der Waals surface area (Å²) in [5.74, 6) is -1.91. The van der Waals surface area contributed by atoms with Crippen LogP contribution in [0.15, 0.2) is 58.3 Å². The van der Waals surface area contributed by atoms with E-state index >= 15 is 0 Å². The molecule has 1 aromatic carbocycles. The summed E-state index contributed by atoms with van der Waals surface area (Å²) in [6.45, 7) is 1.88. The zero-order chi connectivity index (χ0) is 21.3. The smallest absolute Gasteiger partial charge is 0.317 e. The van der Waals surface area contributed by atoms with Gasteiger partial charge in [-0.2, -0.15) is 0 Å². The molecular formula is C23H23NO6. The summed E-state index contributed by atoms with van der Waals surface area (Å²) in [4.78, 5) is 38.9. The first-order valence-electron chi connectivity index (χ1n) is 9.94. The predicted molar refractivity (Wildman–Crippen MR) is 107 cm³/mol. The highest BCUT2D eigenvalue weighted by atomic mass is 16.5. The summed E-state index contributed by atoms with van der Waals surface area (Å²) in [6, 6.07) is 10.8. The van der Waals surface area contributed by atoms with E-state index in [0.29, 0.717) is 29.2 Å². The first-order chi connectivity index (χ1) is 14.5. The van der Waals surface area contributed by atoms with E-state index in [1.165, 1.54) is 6.26 Å². The number of ketones is 1. The van der Waals surface area contributed by atoms with Crippen molar-refractivity contribution in [2.45, 2.75) is 31.6 Å². The zero-order valence-corrected chi connectivity index (χ0v) is 16.8. The molecule has 7 heteroatoms. The number of allylic oxidation sites excluding steroid dienone is 2. The number of esters is 1. The summed E-state index contributed by atoms with van der Waals surface area (Å²) >= 11 is 0. The Morgan fingerprint density at radius 3 is 2.73 bits per heavy atom. The van der Waals surface area contributed by atoms with Crippen molar-refractivity contribution in [2.75, 3.05) is 13.7 Å². The molecule has 1 aromatic heterocycles. The van der Waals surface area contributed by atoms with Crippen LogP contribution in [0.2, 0.25) is 0 Å². The molecular weight excluding hydrogens is 386 g/mol. The van der Waals surface area contributed by atoms with Crippen molar-refractivity contribution >= 4 is 17.7 Å². The van der Waals surface area contributed by atoms with Gasteiger partial charge in [0.2, 0.25) is 5.91 Å². The molecule has 2 aromatic rings. The molecule has 30 heavy (non-hydrogen) atoms. The van der Waals surface area contributed by atoms with Crippen LogP contribution in [-0.4, -0.2) is 31.4 Å². The quantitative estimate of drug-likeness (QED) is 0.602. The molecule has 1 amide bonds. The molecule has 0 saturated heterocycles. The molecule has 3 atom stereocenters. The van der Waals surface area contributed by atoms with Crippen LogP contribution in [0, 0.1) is 5.92 Å². The second-order valence-corrected chi connectivity index (χ2v) is 7.39. The van der Waals surface area contributed by atoms with Gasteiger partial charge in [0.05, 0.1) is 20.0 Å². The minimum Gasteiger partial charge on any atom is -0.497 e. The fraction of sp³-hybridized carbons (Fsp3) is 0.348. The highest BCUT2D eigenvalue weighted by molar-refractivity contribution is 6.12. The number of carbonyl (C=O) groups is 3. The second-order valence-electron chi connectivity index (χ2n) is 7.39. The molecule has 4 rings (SSSR count). The standard InChI is InChI=1S/C23H23NO6/c1-3-29-23(27)21-16(18-8-5-9-30-18)11-17-20(22(21)26)15(12-19(25)24-17)13-6-4-7-14(10-13)28-2/h4-10,15-16,21H,3,11-12H2,1-2H3,(H,24,25)/t15-,16+,21+/m0/s1. The number of amides is 1. The summed E-state index contributed by atoms with van der Waals surface area (Å²) < 4.78 is 16.0. The Morgan fingerprint density at radius 1 is 1.20 bits per heavy atom. The van der Waals surface area contributed by atoms with Crippen LogP contribution in [0.4, 0.5) is 0 Å². The minimum atomic E-state index is -1.02. The summed E-state index contributed by atoms with van der Waals surface area (Å²) in [7, 11) is 1.56. The molecule has 1 aliphatic heterocycles. The van der Waals surface area contributed by atoms with Crippen molar-refractivity contribution < 1.29 is 28.3 Å². The normalized spacial score (nSPS) is 23.6. The van der Waals surface area contributed by atoms with Gasteiger partial charge >= 0.3 is 5.97 Å². The van der Waals surface area contributed by atoms with E-state index in [0.717, 1.165) is 5.56 Å². The third-order valence-electron chi connectivity index (χ3n) is 5.67. The number of ether oxygens (including phenoxy) is 2. The molecule has 1 aliphatic carbocycles. The lowest BCUT2D eigenvalue weighted by Gasteiger charge is -2.37. The van der Waals surface area contributed by atoms with Crippen LogP contribution < -0.4 is 10.1 Å².